The maximum absolute atomic E-state index is 13.3. The van der Waals surface area contributed by atoms with E-state index in [-0.39, 0.29) is 35.6 Å². The Kier molecular flexibility index (Phi) is 6.04. The zero-order chi connectivity index (χ0) is 25.7. The van der Waals surface area contributed by atoms with E-state index in [1.54, 1.807) is 4.68 Å². The highest BCUT2D eigenvalue weighted by atomic mass is 32.2. The zero-order valence-electron chi connectivity index (χ0n) is 20.3. The van der Waals surface area contributed by atoms with Crippen molar-refractivity contribution in [2.75, 3.05) is 36.8 Å². The highest BCUT2D eigenvalue weighted by Gasteiger charge is 2.39. The number of anilines is 1. The number of amides is 1. The van der Waals surface area contributed by atoms with E-state index in [1.807, 2.05) is 34.1 Å². The molecule has 12 heteroatoms. The summed E-state index contributed by atoms with van der Waals surface area (Å²) < 4.78 is 14.7. The third-order valence-corrected chi connectivity index (χ3v) is 8.70. The number of aromatic nitrogens is 4. The first kappa shape index (κ1) is 24.1. The monoisotopic (exact) mass is 524 g/mol. The van der Waals surface area contributed by atoms with Crippen LogP contribution in [-0.4, -0.2) is 82.4 Å². The Morgan fingerprint density at radius 2 is 1.92 bits per heavy atom. The van der Waals surface area contributed by atoms with Gasteiger partial charge in [0.2, 0.25) is 5.91 Å². The Hall–Kier alpha value is -3.22. The molecule has 1 saturated carbocycles. The van der Waals surface area contributed by atoms with E-state index < -0.39 is 16.8 Å². The Balaban J connectivity index is 1.21. The first-order valence-corrected chi connectivity index (χ1v) is 13.8. The quantitative estimate of drug-likeness (QED) is 0.475. The van der Waals surface area contributed by atoms with Gasteiger partial charge in [-0.1, -0.05) is 6.07 Å². The van der Waals surface area contributed by atoms with Crippen molar-refractivity contribution in [3.8, 4) is 5.69 Å². The molecule has 4 heterocycles. The first-order valence-electron chi connectivity index (χ1n) is 12.5. The average molecular weight is 525 g/mol. The summed E-state index contributed by atoms with van der Waals surface area (Å²) in [6, 6.07) is 7.42. The fraction of sp³-hybridized carbons (Fsp3) is 0.480. The lowest BCUT2D eigenvalue weighted by atomic mass is 9.91. The van der Waals surface area contributed by atoms with Gasteiger partial charge in [-0.3, -0.25) is 14.2 Å². The number of carbonyl (C=O) groups is 2. The molecule has 1 amide bonds. The molecule has 0 spiro atoms. The van der Waals surface area contributed by atoms with E-state index in [4.69, 9.17) is 0 Å². The molecule has 0 radical (unpaired) electrons. The molecule has 6 rings (SSSR count). The van der Waals surface area contributed by atoms with Crippen molar-refractivity contribution in [3.05, 3.63) is 47.1 Å². The van der Waals surface area contributed by atoms with Crippen LogP contribution >= 0.6 is 0 Å². The van der Waals surface area contributed by atoms with Crippen LogP contribution < -0.4 is 10.5 Å². The molecule has 3 aliphatic rings. The highest BCUT2D eigenvalue weighted by Crippen LogP contribution is 2.33. The van der Waals surface area contributed by atoms with Gasteiger partial charge in [0.25, 0.3) is 5.56 Å². The molecule has 3 fully saturated rings. The number of rotatable bonds is 5. The normalized spacial score (nSPS) is 22.0. The van der Waals surface area contributed by atoms with E-state index >= 15 is 0 Å². The van der Waals surface area contributed by atoms with Crippen LogP contribution in [0.25, 0.3) is 16.7 Å². The second-order valence-electron chi connectivity index (χ2n) is 10.2. The Bertz CT molecular complexity index is 1420. The highest BCUT2D eigenvalue weighted by molar-refractivity contribution is 8.06. The molecule has 1 unspecified atom stereocenters. The van der Waals surface area contributed by atoms with Gasteiger partial charge in [0.05, 0.1) is 30.6 Å². The van der Waals surface area contributed by atoms with Gasteiger partial charge in [0.1, 0.15) is 24.0 Å². The van der Waals surface area contributed by atoms with Crippen LogP contribution in [0.1, 0.15) is 25.7 Å². The summed E-state index contributed by atoms with van der Waals surface area (Å²) in [4.78, 5) is 45.7. The molecule has 2 aliphatic heterocycles. The fourth-order valence-corrected chi connectivity index (χ4v) is 6.03. The molecule has 37 heavy (non-hydrogen) atoms. The van der Waals surface area contributed by atoms with Crippen molar-refractivity contribution < 1.29 is 19.2 Å². The fourth-order valence-electron chi connectivity index (χ4n) is 5.11. The molecule has 11 nitrogen and oxygen atoms in total. The molecule has 0 bridgehead atoms. The second-order valence-corrected chi connectivity index (χ2v) is 11.7. The lowest BCUT2D eigenvalue weighted by Crippen LogP contribution is -2.50. The lowest BCUT2D eigenvalue weighted by molar-refractivity contribution is -0.137. The molecule has 1 atom stereocenters. The van der Waals surface area contributed by atoms with Crippen LogP contribution in [0.4, 0.5) is 5.69 Å². The summed E-state index contributed by atoms with van der Waals surface area (Å²) >= 11 is -1.43. The summed E-state index contributed by atoms with van der Waals surface area (Å²) in [5.41, 5.74) is 0.503. The molecular formula is C25H28N6O5S. The largest absolute Gasteiger partial charge is 0.609 e. The molecule has 1 N–H and O–H groups in total. The molecule has 194 valence electrons. The average Bonchev–Trinajstić information content (AvgIpc) is 3.66. The molecule has 3 aromatic rings. The van der Waals surface area contributed by atoms with Gasteiger partial charge in [-0.15, -0.1) is 0 Å². The molecule has 2 aromatic heterocycles. The van der Waals surface area contributed by atoms with Crippen molar-refractivity contribution in [3.63, 3.8) is 0 Å². The topological polar surface area (TPSA) is 137 Å². The zero-order valence-corrected chi connectivity index (χ0v) is 21.1. The van der Waals surface area contributed by atoms with E-state index in [1.165, 1.54) is 17.1 Å². The summed E-state index contributed by atoms with van der Waals surface area (Å²) in [6.45, 7) is 1.69. The minimum absolute atomic E-state index is 0.0916. The second kappa shape index (κ2) is 9.26. The summed E-state index contributed by atoms with van der Waals surface area (Å²) in [7, 11) is 0. The number of carbonyl (C=O) groups excluding carboxylic acids is 2. The van der Waals surface area contributed by atoms with Gasteiger partial charge in [-0.05, 0) is 43.9 Å². The summed E-state index contributed by atoms with van der Waals surface area (Å²) in [6.07, 6.45) is 5.65. The van der Waals surface area contributed by atoms with Gasteiger partial charge < -0.3 is 19.5 Å². The van der Waals surface area contributed by atoms with Crippen LogP contribution in [-0.2, 0) is 27.3 Å². The van der Waals surface area contributed by atoms with Crippen molar-refractivity contribution in [1.29, 1.82) is 0 Å². The SMILES string of the molecule is O=C(C1CC1)N1CCC(O)(Cn2cnc3c(cnn3-c3cccc(N4CC[S+]([O-])C(=O)C4)c3)c2=O)CC1. The van der Waals surface area contributed by atoms with Crippen LogP contribution in [0.3, 0.4) is 0 Å². The van der Waals surface area contributed by atoms with Crippen molar-refractivity contribution >= 4 is 38.9 Å². The number of hydrogen-bond acceptors (Lipinski definition) is 8. The number of benzene rings is 1. The Morgan fingerprint density at radius 3 is 2.65 bits per heavy atom. The molecule has 2 saturated heterocycles. The Labute approximate surface area is 215 Å². The standard InChI is InChI=1S/C25H28N6O5S/c32-21-14-29(10-11-37(21)36)18-2-1-3-19(12-18)31-22-20(13-27-31)24(34)30(16-26-22)15-25(35)6-8-28(9-7-25)23(33)17-4-5-17/h1-3,12-13,16-17,35H,4-11,14-15H2. The maximum Gasteiger partial charge on any atom is 0.348 e. The minimum Gasteiger partial charge on any atom is -0.609 e. The van der Waals surface area contributed by atoms with Crippen molar-refractivity contribution in [2.24, 2.45) is 5.92 Å². The van der Waals surface area contributed by atoms with E-state index in [9.17, 15) is 24.0 Å². The van der Waals surface area contributed by atoms with Crippen LogP contribution in [0.5, 0.6) is 0 Å². The first-order chi connectivity index (χ1) is 17.8. The number of piperidine rings is 1. The lowest BCUT2D eigenvalue weighted by Gasteiger charge is -2.38. The van der Waals surface area contributed by atoms with Gasteiger partial charge in [0, 0.05) is 35.9 Å². The molecular weight excluding hydrogens is 496 g/mol. The van der Waals surface area contributed by atoms with Gasteiger partial charge in [-0.25, -0.2) is 14.5 Å². The van der Waals surface area contributed by atoms with E-state index in [2.05, 4.69) is 10.1 Å². The van der Waals surface area contributed by atoms with Gasteiger partial charge in [0.15, 0.2) is 5.65 Å². The maximum atomic E-state index is 13.3. The number of likely N-dealkylation sites (tertiary alicyclic amines) is 1. The molecule has 1 aliphatic carbocycles. The number of nitrogens with zero attached hydrogens (tertiary/aromatic N) is 6. The van der Waals surface area contributed by atoms with Crippen molar-refractivity contribution in [2.45, 2.75) is 37.8 Å². The summed E-state index contributed by atoms with van der Waals surface area (Å²) in [5.74, 6) is 0.641. The van der Waals surface area contributed by atoms with E-state index in [0.29, 0.717) is 54.9 Å². The minimum atomic E-state index is -1.43. The Morgan fingerprint density at radius 1 is 1.16 bits per heavy atom. The number of fused-ring (bicyclic) bond motifs is 1. The van der Waals surface area contributed by atoms with Gasteiger partial charge in [-0.2, -0.15) is 5.10 Å². The van der Waals surface area contributed by atoms with Crippen molar-refractivity contribution in [1.82, 2.24) is 24.2 Å². The molecule has 1 aromatic carbocycles. The van der Waals surface area contributed by atoms with E-state index in [0.717, 1.165) is 18.5 Å². The van der Waals surface area contributed by atoms with Crippen LogP contribution in [0.2, 0.25) is 0 Å². The van der Waals surface area contributed by atoms with Gasteiger partial charge >= 0.3 is 5.12 Å². The van der Waals surface area contributed by atoms with Crippen LogP contribution in [0.15, 0.2) is 41.6 Å². The summed E-state index contributed by atoms with van der Waals surface area (Å²) in [5, 5.41) is 15.6. The third kappa shape index (κ3) is 4.64. The number of aliphatic hydroxyl groups is 1. The number of hydrogen-bond donors (Lipinski definition) is 1. The predicted octanol–water partition coefficient (Wildman–Crippen LogP) is 0.441. The van der Waals surface area contributed by atoms with Crippen LogP contribution in [0, 0.1) is 5.92 Å². The predicted molar refractivity (Wildman–Crippen MR) is 137 cm³/mol. The third-order valence-electron chi connectivity index (χ3n) is 7.51. The smallest absolute Gasteiger partial charge is 0.348 e.